The quantitative estimate of drug-likeness (QED) is 0.916. The first-order valence-corrected chi connectivity index (χ1v) is 6.60. The van der Waals surface area contributed by atoms with Crippen LogP contribution in [0.4, 0.5) is 0 Å². The van der Waals surface area contributed by atoms with E-state index in [0.717, 1.165) is 17.7 Å². The van der Waals surface area contributed by atoms with Crippen LogP contribution in [0, 0.1) is 12.3 Å². The number of nitrogens with two attached hydrogens (primary N) is 1. The van der Waals surface area contributed by atoms with Gasteiger partial charge in [-0.15, -0.1) is 0 Å². The standard InChI is InChI=1S/C16H22N2O/c1-11-7-8-18-15-13(19-4)6-5-12(14(11)15)9-16(2,3)10-17/h5-8H,9-10,17H2,1-4H3. The number of aromatic nitrogens is 1. The number of methoxy groups -OCH3 is 1. The molecule has 0 amide bonds. The first-order valence-electron chi connectivity index (χ1n) is 6.60. The summed E-state index contributed by atoms with van der Waals surface area (Å²) < 4.78 is 5.41. The van der Waals surface area contributed by atoms with E-state index >= 15 is 0 Å². The van der Waals surface area contributed by atoms with E-state index in [1.165, 1.54) is 16.5 Å². The van der Waals surface area contributed by atoms with Crippen LogP contribution in [-0.4, -0.2) is 18.6 Å². The van der Waals surface area contributed by atoms with Crippen LogP contribution in [0.25, 0.3) is 10.9 Å². The third kappa shape index (κ3) is 2.71. The van der Waals surface area contributed by atoms with Crippen LogP contribution in [0.5, 0.6) is 5.75 Å². The zero-order chi connectivity index (χ0) is 14.0. The van der Waals surface area contributed by atoms with Gasteiger partial charge in [-0.3, -0.25) is 4.98 Å². The lowest BCUT2D eigenvalue weighted by molar-refractivity contribution is 0.377. The van der Waals surface area contributed by atoms with Crippen molar-refractivity contribution >= 4 is 10.9 Å². The van der Waals surface area contributed by atoms with Gasteiger partial charge in [-0.2, -0.15) is 0 Å². The predicted octanol–water partition coefficient (Wildman–Crippen LogP) is 3.08. The van der Waals surface area contributed by atoms with E-state index in [1.807, 2.05) is 18.3 Å². The Bertz CT molecular complexity index is 591. The molecule has 0 atom stereocenters. The summed E-state index contributed by atoms with van der Waals surface area (Å²) >= 11 is 0. The third-order valence-electron chi connectivity index (χ3n) is 3.59. The van der Waals surface area contributed by atoms with Crippen molar-refractivity contribution in [3.8, 4) is 5.75 Å². The maximum absolute atomic E-state index is 5.85. The molecule has 2 aromatic rings. The average Bonchev–Trinajstić information content (AvgIpc) is 2.39. The van der Waals surface area contributed by atoms with Gasteiger partial charge in [0.1, 0.15) is 11.3 Å². The van der Waals surface area contributed by atoms with E-state index in [2.05, 4.69) is 31.8 Å². The fourth-order valence-electron chi connectivity index (χ4n) is 2.39. The second kappa shape index (κ2) is 5.17. The predicted molar refractivity (Wildman–Crippen MR) is 79.6 cm³/mol. The maximum atomic E-state index is 5.85. The molecular formula is C16H22N2O. The number of ether oxygens (including phenoxy) is 1. The van der Waals surface area contributed by atoms with Crippen molar-refractivity contribution in [2.24, 2.45) is 11.1 Å². The number of aryl methyl sites for hydroxylation is 1. The molecule has 2 N–H and O–H groups in total. The van der Waals surface area contributed by atoms with E-state index in [-0.39, 0.29) is 5.41 Å². The van der Waals surface area contributed by atoms with Gasteiger partial charge in [-0.1, -0.05) is 19.9 Å². The molecule has 0 unspecified atom stereocenters. The topological polar surface area (TPSA) is 48.1 Å². The maximum Gasteiger partial charge on any atom is 0.145 e. The monoisotopic (exact) mass is 258 g/mol. The Morgan fingerprint density at radius 3 is 2.63 bits per heavy atom. The molecule has 0 aliphatic carbocycles. The van der Waals surface area contributed by atoms with Gasteiger partial charge in [0, 0.05) is 11.6 Å². The second-order valence-corrected chi connectivity index (χ2v) is 5.82. The molecule has 0 radical (unpaired) electrons. The summed E-state index contributed by atoms with van der Waals surface area (Å²) in [5.41, 5.74) is 9.39. The highest BCUT2D eigenvalue weighted by molar-refractivity contribution is 5.90. The summed E-state index contributed by atoms with van der Waals surface area (Å²) in [6.07, 6.45) is 2.77. The summed E-state index contributed by atoms with van der Waals surface area (Å²) in [4.78, 5) is 4.47. The minimum atomic E-state index is 0.0871. The van der Waals surface area contributed by atoms with Crippen LogP contribution >= 0.6 is 0 Å². The highest BCUT2D eigenvalue weighted by Crippen LogP contribution is 2.32. The lowest BCUT2D eigenvalue weighted by Crippen LogP contribution is -2.26. The Hall–Kier alpha value is -1.61. The second-order valence-electron chi connectivity index (χ2n) is 5.82. The first kappa shape index (κ1) is 13.8. The molecule has 3 heteroatoms. The number of nitrogens with zero attached hydrogens (tertiary/aromatic N) is 1. The van der Waals surface area contributed by atoms with Crippen molar-refractivity contribution in [3.63, 3.8) is 0 Å². The molecule has 0 aliphatic rings. The molecule has 0 spiro atoms. The lowest BCUT2D eigenvalue weighted by Gasteiger charge is -2.24. The van der Waals surface area contributed by atoms with E-state index < -0.39 is 0 Å². The van der Waals surface area contributed by atoms with E-state index in [1.54, 1.807) is 7.11 Å². The molecule has 1 aromatic heterocycles. The van der Waals surface area contributed by atoms with E-state index in [0.29, 0.717) is 6.54 Å². The molecule has 1 aromatic carbocycles. The fourth-order valence-corrected chi connectivity index (χ4v) is 2.39. The van der Waals surface area contributed by atoms with Crippen LogP contribution in [0.3, 0.4) is 0 Å². The van der Waals surface area contributed by atoms with Crippen molar-refractivity contribution in [1.29, 1.82) is 0 Å². The van der Waals surface area contributed by atoms with Crippen molar-refractivity contribution < 1.29 is 4.74 Å². The Morgan fingerprint density at radius 1 is 1.26 bits per heavy atom. The van der Waals surface area contributed by atoms with Crippen molar-refractivity contribution in [2.75, 3.05) is 13.7 Å². The van der Waals surface area contributed by atoms with Crippen molar-refractivity contribution in [2.45, 2.75) is 27.2 Å². The van der Waals surface area contributed by atoms with Crippen LogP contribution < -0.4 is 10.5 Å². The molecule has 1 heterocycles. The van der Waals surface area contributed by atoms with E-state index in [4.69, 9.17) is 10.5 Å². The summed E-state index contributed by atoms with van der Waals surface area (Å²) in [5.74, 6) is 0.827. The van der Waals surface area contributed by atoms with E-state index in [9.17, 15) is 0 Å². The average molecular weight is 258 g/mol. The fraction of sp³-hybridized carbons (Fsp3) is 0.438. The SMILES string of the molecule is COc1ccc(CC(C)(C)CN)c2c(C)ccnc12. The van der Waals surface area contributed by atoms with Gasteiger partial charge in [-0.25, -0.2) is 0 Å². The molecular weight excluding hydrogens is 236 g/mol. The molecule has 0 aliphatic heterocycles. The van der Waals surface area contributed by atoms with Crippen LogP contribution in [0.1, 0.15) is 25.0 Å². The molecule has 0 fully saturated rings. The number of fused-ring (bicyclic) bond motifs is 1. The minimum Gasteiger partial charge on any atom is -0.494 e. The van der Waals surface area contributed by atoms with Gasteiger partial charge in [0.15, 0.2) is 0 Å². The Balaban J connectivity index is 2.63. The molecule has 0 saturated carbocycles. The van der Waals surface area contributed by atoms with Crippen molar-refractivity contribution in [1.82, 2.24) is 4.98 Å². The first-order chi connectivity index (χ1) is 8.98. The highest BCUT2D eigenvalue weighted by atomic mass is 16.5. The molecule has 3 nitrogen and oxygen atoms in total. The van der Waals surface area contributed by atoms with Crippen LogP contribution in [-0.2, 0) is 6.42 Å². The van der Waals surface area contributed by atoms with Crippen LogP contribution in [0.2, 0.25) is 0 Å². The zero-order valence-corrected chi connectivity index (χ0v) is 12.2. The number of hydrogen-bond donors (Lipinski definition) is 1. The molecule has 0 bridgehead atoms. The van der Waals surface area contributed by atoms with Gasteiger partial charge in [0.05, 0.1) is 7.11 Å². The summed E-state index contributed by atoms with van der Waals surface area (Å²) in [6, 6.07) is 6.17. The lowest BCUT2D eigenvalue weighted by atomic mass is 9.84. The smallest absolute Gasteiger partial charge is 0.145 e. The summed E-state index contributed by atoms with van der Waals surface area (Å²) in [7, 11) is 1.68. The van der Waals surface area contributed by atoms with Gasteiger partial charge in [0.2, 0.25) is 0 Å². The van der Waals surface area contributed by atoms with Crippen molar-refractivity contribution in [3.05, 3.63) is 35.5 Å². The molecule has 2 rings (SSSR count). The normalized spacial score (nSPS) is 11.8. The number of hydrogen-bond acceptors (Lipinski definition) is 3. The largest absolute Gasteiger partial charge is 0.494 e. The molecule has 0 saturated heterocycles. The molecule has 102 valence electrons. The van der Waals surface area contributed by atoms with Gasteiger partial charge in [-0.05, 0) is 48.6 Å². The highest BCUT2D eigenvalue weighted by Gasteiger charge is 2.19. The number of benzene rings is 1. The number of pyridine rings is 1. The van der Waals surface area contributed by atoms with Gasteiger partial charge >= 0.3 is 0 Å². The zero-order valence-electron chi connectivity index (χ0n) is 12.2. The third-order valence-corrected chi connectivity index (χ3v) is 3.59. The minimum absolute atomic E-state index is 0.0871. The molecule has 19 heavy (non-hydrogen) atoms. The summed E-state index contributed by atoms with van der Waals surface area (Å²) in [5, 5.41) is 1.20. The van der Waals surface area contributed by atoms with Crippen LogP contribution in [0.15, 0.2) is 24.4 Å². The Morgan fingerprint density at radius 2 is 2.00 bits per heavy atom. The summed E-state index contributed by atoms with van der Waals surface area (Å²) in [6.45, 7) is 7.16. The number of rotatable bonds is 4. The Labute approximate surface area is 114 Å². The van der Waals surface area contributed by atoms with Gasteiger partial charge < -0.3 is 10.5 Å². The Kier molecular flexibility index (Phi) is 3.76. The van der Waals surface area contributed by atoms with Gasteiger partial charge in [0.25, 0.3) is 0 Å².